The first-order valence-electron chi connectivity index (χ1n) is 4.42. The quantitative estimate of drug-likeness (QED) is 0.765. The number of hydrogen-bond acceptors (Lipinski definition) is 3. The van der Waals surface area contributed by atoms with Crippen LogP contribution in [-0.4, -0.2) is 23.5 Å². The average molecular weight is 225 g/mol. The molecule has 0 aliphatic rings. The number of carboxylic acid groups (broad SMARTS) is 1. The first kappa shape index (κ1) is 11.5. The Morgan fingerprint density at radius 3 is 2.87 bits per heavy atom. The minimum absolute atomic E-state index is 0.127. The number of carbonyl (C=O) groups excluding carboxylic acids is 1. The standard InChI is InChI=1S/C10H11NO3S/c1-2-11-10(14)8-5-3-7(15-8)4-6-9(12)13/h3-6H,2H2,1H3,(H,11,14)(H,12,13). The van der Waals surface area contributed by atoms with Crippen molar-refractivity contribution in [1.82, 2.24) is 5.32 Å². The van der Waals surface area contributed by atoms with Gasteiger partial charge in [-0.1, -0.05) is 0 Å². The average Bonchev–Trinajstić information content (AvgIpc) is 2.63. The van der Waals surface area contributed by atoms with Gasteiger partial charge >= 0.3 is 5.97 Å². The molecule has 15 heavy (non-hydrogen) atoms. The summed E-state index contributed by atoms with van der Waals surface area (Å²) < 4.78 is 0. The van der Waals surface area contributed by atoms with Crippen LogP contribution >= 0.6 is 11.3 Å². The molecular formula is C10H11NO3S. The zero-order valence-electron chi connectivity index (χ0n) is 8.19. The summed E-state index contributed by atoms with van der Waals surface area (Å²) >= 11 is 1.26. The molecule has 0 aliphatic carbocycles. The molecule has 1 aromatic rings. The predicted molar refractivity (Wildman–Crippen MR) is 59.0 cm³/mol. The Kier molecular flexibility index (Phi) is 4.05. The van der Waals surface area contributed by atoms with Crippen molar-refractivity contribution in [2.45, 2.75) is 6.92 Å². The van der Waals surface area contributed by atoms with E-state index in [0.29, 0.717) is 11.4 Å². The number of carbonyl (C=O) groups is 2. The Balaban J connectivity index is 2.72. The van der Waals surface area contributed by atoms with Gasteiger partial charge in [-0.25, -0.2) is 4.79 Å². The molecule has 1 heterocycles. The second kappa shape index (κ2) is 5.31. The molecule has 4 nitrogen and oxygen atoms in total. The van der Waals surface area contributed by atoms with Gasteiger partial charge in [-0.15, -0.1) is 11.3 Å². The van der Waals surface area contributed by atoms with Crippen LogP contribution in [0.3, 0.4) is 0 Å². The van der Waals surface area contributed by atoms with Gasteiger partial charge in [-0.05, 0) is 25.1 Å². The van der Waals surface area contributed by atoms with Crippen molar-refractivity contribution in [2.75, 3.05) is 6.54 Å². The number of amides is 1. The minimum atomic E-state index is -0.997. The summed E-state index contributed by atoms with van der Waals surface area (Å²) in [7, 11) is 0. The van der Waals surface area contributed by atoms with Gasteiger partial charge in [0.2, 0.25) is 0 Å². The van der Waals surface area contributed by atoms with Gasteiger partial charge in [0.25, 0.3) is 5.91 Å². The van der Waals surface area contributed by atoms with E-state index in [0.717, 1.165) is 11.0 Å². The molecule has 0 saturated carbocycles. The van der Waals surface area contributed by atoms with E-state index in [1.54, 1.807) is 12.1 Å². The Bertz CT molecular complexity index is 395. The van der Waals surface area contributed by atoms with E-state index in [1.165, 1.54) is 17.4 Å². The molecule has 1 amide bonds. The molecule has 0 spiro atoms. The number of aliphatic carboxylic acids is 1. The Hall–Kier alpha value is -1.62. The van der Waals surface area contributed by atoms with Gasteiger partial charge < -0.3 is 10.4 Å². The highest BCUT2D eigenvalue weighted by molar-refractivity contribution is 7.14. The van der Waals surface area contributed by atoms with Crippen molar-refractivity contribution in [3.63, 3.8) is 0 Å². The van der Waals surface area contributed by atoms with Crippen LogP contribution in [0.4, 0.5) is 0 Å². The minimum Gasteiger partial charge on any atom is -0.478 e. The summed E-state index contributed by atoms with van der Waals surface area (Å²) in [5.74, 6) is -1.12. The molecule has 2 N–H and O–H groups in total. The van der Waals surface area contributed by atoms with Crippen LogP contribution in [0.1, 0.15) is 21.5 Å². The summed E-state index contributed by atoms with van der Waals surface area (Å²) in [6.07, 6.45) is 2.52. The van der Waals surface area contributed by atoms with Crippen molar-refractivity contribution >= 4 is 29.3 Å². The Morgan fingerprint density at radius 2 is 2.27 bits per heavy atom. The van der Waals surface area contributed by atoms with Gasteiger partial charge in [-0.3, -0.25) is 4.79 Å². The topological polar surface area (TPSA) is 66.4 Å². The van der Waals surface area contributed by atoms with Crippen molar-refractivity contribution < 1.29 is 14.7 Å². The monoisotopic (exact) mass is 225 g/mol. The fourth-order valence-corrected chi connectivity index (χ4v) is 1.79. The normalized spacial score (nSPS) is 10.5. The van der Waals surface area contributed by atoms with Crippen LogP contribution in [0.2, 0.25) is 0 Å². The third-order valence-corrected chi connectivity index (χ3v) is 2.63. The second-order valence-electron chi connectivity index (χ2n) is 2.73. The molecule has 5 heteroatoms. The van der Waals surface area contributed by atoms with E-state index in [1.807, 2.05) is 6.92 Å². The highest BCUT2D eigenvalue weighted by Gasteiger charge is 2.06. The first-order valence-corrected chi connectivity index (χ1v) is 5.24. The van der Waals surface area contributed by atoms with E-state index in [4.69, 9.17) is 5.11 Å². The lowest BCUT2D eigenvalue weighted by molar-refractivity contribution is -0.131. The van der Waals surface area contributed by atoms with Gasteiger partial charge in [0, 0.05) is 17.5 Å². The molecule has 80 valence electrons. The number of carboxylic acids is 1. The highest BCUT2D eigenvalue weighted by Crippen LogP contribution is 2.17. The van der Waals surface area contributed by atoms with Crippen molar-refractivity contribution in [1.29, 1.82) is 0 Å². The van der Waals surface area contributed by atoms with Crippen LogP contribution < -0.4 is 5.32 Å². The largest absolute Gasteiger partial charge is 0.478 e. The van der Waals surface area contributed by atoms with Gasteiger partial charge in [0.05, 0.1) is 4.88 Å². The van der Waals surface area contributed by atoms with Gasteiger partial charge in [-0.2, -0.15) is 0 Å². The smallest absolute Gasteiger partial charge is 0.328 e. The molecule has 0 atom stereocenters. The molecule has 0 aliphatic heterocycles. The predicted octanol–water partition coefficient (Wildman–Crippen LogP) is 1.60. The molecule has 0 saturated heterocycles. The lowest BCUT2D eigenvalue weighted by Gasteiger charge is -1.96. The van der Waals surface area contributed by atoms with Crippen molar-refractivity contribution in [2.24, 2.45) is 0 Å². The van der Waals surface area contributed by atoms with Crippen LogP contribution in [0.15, 0.2) is 18.2 Å². The second-order valence-corrected chi connectivity index (χ2v) is 3.85. The molecule has 0 unspecified atom stereocenters. The maximum Gasteiger partial charge on any atom is 0.328 e. The fraction of sp³-hybridized carbons (Fsp3) is 0.200. The number of thiophene rings is 1. The van der Waals surface area contributed by atoms with E-state index in [2.05, 4.69) is 5.32 Å². The summed E-state index contributed by atoms with van der Waals surface area (Å²) in [6.45, 7) is 2.42. The molecule has 0 fully saturated rings. The Labute approximate surface area is 91.2 Å². The van der Waals surface area contributed by atoms with E-state index in [-0.39, 0.29) is 5.91 Å². The molecule has 0 aromatic carbocycles. The lowest BCUT2D eigenvalue weighted by atomic mass is 10.4. The van der Waals surface area contributed by atoms with Gasteiger partial charge in [0.15, 0.2) is 0 Å². The SMILES string of the molecule is CCNC(=O)c1ccc(C=CC(=O)O)s1. The summed E-state index contributed by atoms with van der Waals surface area (Å²) in [6, 6.07) is 3.39. The number of nitrogens with one attached hydrogen (secondary N) is 1. The molecule has 0 bridgehead atoms. The number of rotatable bonds is 4. The van der Waals surface area contributed by atoms with Crippen LogP contribution in [0, 0.1) is 0 Å². The van der Waals surface area contributed by atoms with E-state index < -0.39 is 5.97 Å². The maximum absolute atomic E-state index is 11.4. The molecule has 1 rings (SSSR count). The van der Waals surface area contributed by atoms with Gasteiger partial charge in [0.1, 0.15) is 0 Å². The van der Waals surface area contributed by atoms with Crippen LogP contribution in [0.5, 0.6) is 0 Å². The van der Waals surface area contributed by atoms with Crippen LogP contribution in [0.25, 0.3) is 6.08 Å². The zero-order chi connectivity index (χ0) is 11.3. The summed E-state index contributed by atoms with van der Waals surface area (Å²) in [5.41, 5.74) is 0. The van der Waals surface area contributed by atoms with Crippen LogP contribution in [-0.2, 0) is 4.79 Å². The third-order valence-electron chi connectivity index (χ3n) is 1.58. The molecule has 0 radical (unpaired) electrons. The molecular weight excluding hydrogens is 214 g/mol. The highest BCUT2D eigenvalue weighted by atomic mass is 32.1. The zero-order valence-corrected chi connectivity index (χ0v) is 9.00. The maximum atomic E-state index is 11.4. The lowest BCUT2D eigenvalue weighted by Crippen LogP contribution is -2.21. The summed E-state index contributed by atoms with van der Waals surface area (Å²) in [4.78, 5) is 22.9. The third kappa shape index (κ3) is 3.55. The molecule has 1 aromatic heterocycles. The van der Waals surface area contributed by atoms with E-state index >= 15 is 0 Å². The first-order chi connectivity index (χ1) is 7.13. The van der Waals surface area contributed by atoms with Crippen molar-refractivity contribution in [3.8, 4) is 0 Å². The Morgan fingerprint density at radius 1 is 1.53 bits per heavy atom. The van der Waals surface area contributed by atoms with E-state index in [9.17, 15) is 9.59 Å². The van der Waals surface area contributed by atoms with Crippen molar-refractivity contribution in [3.05, 3.63) is 28.0 Å². The fourth-order valence-electron chi connectivity index (χ4n) is 0.966. The number of hydrogen-bond donors (Lipinski definition) is 2. The summed E-state index contributed by atoms with van der Waals surface area (Å²) in [5, 5.41) is 11.1.